The molecule has 2 aromatic rings. The van der Waals surface area contributed by atoms with Gasteiger partial charge in [-0.1, -0.05) is 41.4 Å². The standard InChI is InChI=1S/C23H28BrNO4/c1-3-4-12-29-20-9-8-17(15-21(20)27-2)22(26)25-23(10-13-28-14-11-23)18-6-5-7-19(24)16-18/h5-9,15-16H,3-4,10-14H2,1-2H3,(H,25,26). The van der Waals surface area contributed by atoms with Crippen LogP contribution in [0.15, 0.2) is 46.9 Å². The molecule has 1 heterocycles. The number of hydrogen-bond acceptors (Lipinski definition) is 4. The molecule has 1 fully saturated rings. The van der Waals surface area contributed by atoms with E-state index in [4.69, 9.17) is 14.2 Å². The number of nitrogens with one attached hydrogen (secondary N) is 1. The summed E-state index contributed by atoms with van der Waals surface area (Å²) >= 11 is 3.54. The number of unbranched alkanes of at least 4 members (excludes halogenated alkanes) is 1. The summed E-state index contributed by atoms with van der Waals surface area (Å²) in [6.07, 6.45) is 3.49. The SMILES string of the molecule is CCCCOc1ccc(C(=O)NC2(c3cccc(Br)c3)CCOCC2)cc1OC. The molecule has 1 amide bonds. The first-order valence-electron chi connectivity index (χ1n) is 10.0. The molecular formula is C23H28BrNO4. The molecule has 156 valence electrons. The van der Waals surface area contributed by atoms with E-state index in [1.54, 1.807) is 25.3 Å². The Balaban J connectivity index is 1.82. The Morgan fingerprint density at radius 1 is 1.17 bits per heavy atom. The molecule has 29 heavy (non-hydrogen) atoms. The van der Waals surface area contributed by atoms with Crippen LogP contribution in [-0.2, 0) is 10.3 Å². The number of benzene rings is 2. The molecule has 2 aromatic carbocycles. The van der Waals surface area contributed by atoms with E-state index in [1.807, 2.05) is 12.1 Å². The monoisotopic (exact) mass is 461 g/mol. The maximum absolute atomic E-state index is 13.2. The van der Waals surface area contributed by atoms with E-state index in [2.05, 4.69) is 40.3 Å². The van der Waals surface area contributed by atoms with E-state index < -0.39 is 5.54 Å². The van der Waals surface area contributed by atoms with Gasteiger partial charge < -0.3 is 19.5 Å². The van der Waals surface area contributed by atoms with Crippen molar-refractivity contribution in [3.05, 3.63) is 58.1 Å². The van der Waals surface area contributed by atoms with Gasteiger partial charge in [0, 0.05) is 23.2 Å². The molecule has 0 aromatic heterocycles. The Kier molecular flexibility index (Phi) is 7.56. The average Bonchev–Trinajstić information content (AvgIpc) is 2.74. The number of hydrogen-bond donors (Lipinski definition) is 1. The number of methoxy groups -OCH3 is 1. The van der Waals surface area contributed by atoms with Gasteiger partial charge in [-0.3, -0.25) is 4.79 Å². The molecule has 0 bridgehead atoms. The lowest BCUT2D eigenvalue weighted by molar-refractivity contribution is 0.0345. The number of amides is 1. The van der Waals surface area contributed by atoms with Crippen molar-refractivity contribution < 1.29 is 19.0 Å². The van der Waals surface area contributed by atoms with Crippen LogP contribution in [0.3, 0.4) is 0 Å². The van der Waals surface area contributed by atoms with Gasteiger partial charge in [-0.25, -0.2) is 0 Å². The molecule has 0 radical (unpaired) electrons. The van der Waals surface area contributed by atoms with Crippen LogP contribution in [-0.4, -0.2) is 32.8 Å². The van der Waals surface area contributed by atoms with Crippen LogP contribution < -0.4 is 14.8 Å². The minimum Gasteiger partial charge on any atom is -0.493 e. The Hall–Kier alpha value is -2.05. The minimum absolute atomic E-state index is 0.134. The summed E-state index contributed by atoms with van der Waals surface area (Å²) in [5.74, 6) is 1.09. The third kappa shape index (κ3) is 5.31. The summed E-state index contributed by atoms with van der Waals surface area (Å²) in [6.45, 7) is 3.97. The third-order valence-electron chi connectivity index (χ3n) is 5.26. The van der Waals surface area contributed by atoms with Gasteiger partial charge >= 0.3 is 0 Å². The van der Waals surface area contributed by atoms with Crippen molar-refractivity contribution in [2.75, 3.05) is 26.9 Å². The first kappa shape index (κ1) is 21.7. The first-order valence-corrected chi connectivity index (χ1v) is 10.8. The van der Waals surface area contributed by atoms with Crippen molar-refractivity contribution >= 4 is 21.8 Å². The molecule has 1 aliphatic rings. The van der Waals surface area contributed by atoms with Crippen molar-refractivity contribution in [2.45, 2.75) is 38.1 Å². The van der Waals surface area contributed by atoms with Crippen LogP contribution in [0.5, 0.6) is 11.5 Å². The van der Waals surface area contributed by atoms with Crippen LogP contribution >= 0.6 is 15.9 Å². The summed E-state index contributed by atoms with van der Waals surface area (Å²) in [6, 6.07) is 13.4. The number of carbonyl (C=O) groups excluding carboxylic acids is 1. The Labute approximate surface area is 180 Å². The highest BCUT2D eigenvalue weighted by molar-refractivity contribution is 9.10. The number of halogens is 1. The van der Waals surface area contributed by atoms with E-state index >= 15 is 0 Å². The van der Waals surface area contributed by atoms with Gasteiger partial charge in [0.1, 0.15) is 0 Å². The molecule has 3 rings (SSSR count). The number of rotatable bonds is 8. The van der Waals surface area contributed by atoms with E-state index in [1.165, 1.54) is 0 Å². The van der Waals surface area contributed by atoms with Crippen LogP contribution in [0, 0.1) is 0 Å². The highest BCUT2D eigenvalue weighted by Gasteiger charge is 2.36. The van der Waals surface area contributed by atoms with Gasteiger partial charge in [0.15, 0.2) is 11.5 Å². The molecule has 0 atom stereocenters. The molecular weight excluding hydrogens is 434 g/mol. The topological polar surface area (TPSA) is 56.8 Å². The molecule has 1 N–H and O–H groups in total. The zero-order valence-electron chi connectivity index (χ0n) is 17.0. The second-order valence-electron chi connectivity index (χ2n) is 7.23. The molecule has 0 spiro atoms. The Bertz CT molecular complexity index is 833. The highest BCUT2D eigenvalue weighted by Crippen LogP contribution is 2.35. The first-order chi connectivity index (χ1) is 14.1. The number of ether oxygens (including phenoxy) is 3. The molecule has 1 aliphatic heterocycles. The molecule has 0 unspecified atom stereocenters. The molecule has 0 saturated carbocycles. The molecule has 1 saturated heterocycles. The zero-order chi connectivity index (χ0) is 20.7. The number of carbonyl (C=O) groups is 1. The van der Waals surface area contributed by atoms with E-state index in [9.17, 15) is 4.79 Å². The van der Waals surface area contributed by atoms with Gasteiger partial charge in [-0.15, -0.1) is 0 Å². The zero-order valence-corrected chi connectivity index (χ0v) is 18.6. The lowest BCUT2D eigenvalue weighted by atomic mass is 9.82. The molecule has 0 aliphatic carbocycles. The normalized spacial score (nSPS) is 15.6. The second kappa shape index (κ2) is 10.1. The van der Waals surface area contributed by atoms with Gasteiger partial charge in [-0.05, 0) is 55.2 Å². The summed E-state index contributed by atoms with van der Waals surface area (Å²) in [7, 11) is 1.59. The molecule has 6 heteroatoms. The van der Waals surface area contributed by atoms with Crippen molar-refractivity contribution in [1.82, 2.24) is 5.32 Å². The van der Waals surface area contributed by atoms with Gasteiger partial charge in [0.05, 0.1) is 19.3 Å². The van der Waals surface area contributed by atoms with Crippen molar-refractivity contribution in [2.24, 2.45) is 0 Å². The highest BCUT2D eigenvalue weighted by atomic mass is 79.9. The lowest BCUT2D eigenvalue weighted by Crippen LogP contribution is -2.49. The maximum Gasteiger partial charge on any atom is 0.252 e. The van der Waals surface area contributed by atoms with Crippen molar-refractivity contribution in [3.63, 3.8) is 0 Å². The summed E-state index contributed by atoms with van der Waals surface area (Å²) in [4.78, 5) is 13.2. The van der Waals surface area contributed by atoms with E-state index in [0.717, 1.165) is 35.7 Å². The second-order valence-corrected chi connectivity index (χ2v) is 8.14. The quantitative estimate of drug-likeness (QED) is 0.557. The van der Waals surface area contributed by atoms with E-state index in [-0.39, 0.29) is 5.91 Å². The fourth-order valence-electron chi connectivity index (χ4n) is 3.54. The predicted molar refractivity (Wildman–Crippen MR) is 117 cm³/mol. The predicted octanol–water partition coefficient (Wildman–Crippen LogP) is 5.07. The fraction of sp³-hybridized carbons (Fsp3) is 0.435. The Morgan fingerprint density at radius 3 is 2.66 bits per heavy atom. The fourth-order valence-corrected chi connectivity index (χ4v) is 3.94. The van der Waals surface area contributed by atoms with Crippen molar-refractivity contribution in [3.8, 4) is 11.5 Å². The van der Waals surface area contributed by atoms with Crippen LogP contribution in [0.4, 0.5) is 0 Å². The van der Waals surface area contributed by atoms with Crippen LogP contribution in [0.2, 0.25) is 0 Å². The minimum atomic E-state index is -0.456. The lowest BCUT2D eigenvalue weighted by Gasteiger charge is -2.38. The summed E-state index contributed by atoms with van der Waals surface area (Å²) < 4.78 is 17.8. The Morgan fingerprint density at radius 2 is 1.97 bits per heavy atom. The smallest absolute Gasteiger partial charge is 0.252 e. The average molecular weight is 462 g/mol. The van der Waals surface area contributed by atoms with E-state index in [0.29, 0.717) is 36.9 Å². The van der Waals surface area contributed by atoms with Gasteiger partial charge in [0.25, 0.3) is 5.91 Å². The largest absolute Gasteiger partial charge is 0.493 e. The van der Waals surface area contributed by atoms with Crippen LogP contribution in [0.25, 0.3) is 0 Å². The summed E-state index contributed by atoms with van der Waals surface area (Å²) in [5.41, 5.74) is 1.17. The molecule has 5 nitrogen and oxygen atoms in total. The summed E-state index contributed by atoms with van der Waals surface area (Å²) in [5, 5.41) is 3.28. The third-order valence-corrected chi connectivity index (χ3v) is 5.75. The van der Waals surface area contributed by atoms with Crippen LogP contribution in [0.1, 0.15) is 48.5 Å². The van der Waals surface area contributed by atoms with Crippen molar-refractivity contribution in [1.29, 1.82) is 0 Å². The van der Waals surface area contributed by atoms with Gasteiger partial charge in [0.2, 0.25) is 0 Å². The van der Waals surface area contributed by atoms with Gasteiger partial charge in [-0.2, -0.15) is 0 Å². The maximum atomic E-state index is 13.2.